The second kappa shape index (κ2) is 6.35. The average molecular weight is 345 g/mol. The second-order valence-corrected chi connectivity index (χ2v) is 6.56. The van der Waals surface area contributed by atoms with Crippen molar-refractivity contribution < 1.29 is 8.81 Å². The van der Waals surface area contributed by atoms with Gasteiger partial charge < -0.3 is 4.42 Å². The number of thioether (sulfide) groups is 1. The zero-order valence-corrected chi connectivity index (χ0v) is 14.0. The van der Waals surface area contributed by atoms with Crippen LogP contribution in [0.4, 0.5) is 4.39 Å². The van der Waals surface area contributed by atoms with E-state index in [4.69, 9.17) is 4.42 Å². The quantitative estimate of drug-likeness (QED) is 0.635. The van der Waals surface area contributed by atoms with Gasteiger partial charge in [0.1, 0.15) is 5.82 Å². The predicted molar refractivity (Wildman–Crippen MR) is 86.9 cm³/mol. The summed E-state index contributed by atoms with van der Waals surface area (Å²) in [6.07, 6.45) is 2.84. The van der Waals surface area contributed by atoms with Crippen LogP contribution in [0.2, 0.25) is 0 Å². The molecule has 0 saturated heterocycles. The Morgan fingerprint density at radius 2 is 1.96 bits per heavy atom. The number of hydrogen-bond donors (Lipinski definition) is 0. The lowest BCUT2D eigenvalue weighted by molar-refractivity contribution is 0.469. The molecule has 1 aliphatic rings. The van der Waals surface area contributed by atoms with Gasteiger partial charge in [0.05, 0.1) is 11.3 Å². The van der Waals surface area contributed by atoms with Crippen LogP contribution in [0.3, 0.4) is 0 Å². The first-order chi connectivity index (χ1) is 11.8. The van der Waals surface area contributed by atoms with Gasteiger partial charge in [-0.2, -0.15) is 0 Å². The van der Waals surface area contributed by atoms with Crippen LogP contribution in [0.15, 0.2) is 33.8 Å². The molecule has 8 heteroatoms. The highest BCUT2D eigenvalue weighted by Crippen LogP contribution is 2.41. The fourth-order valence-corrected chi connectivity index (χ4v) is 3.32. The molecule has 1 fully saturated rings. The zero-order chi connectivity index (χ0) is 16.5. The van der Waals surface area contributed by atoms with Crippen LogP contribution >= 0.6 is 11.8 Å². The molecule has 6 nitrogen and oxygen atoms in total. The van der Waals surface area contributed by atoms with Crippen LogP contribution in [0.25, 0.3) is 11.4 Å². The monoisotopic (exact) mass is 345 g/mol. The standard InChI is InChI=1S/C16H16FN5OS/c1-2-13-18-19-14(23-13)9-24-16-21-20-15(22(16)10-7-8-10)11-5-3-4-6-12(11)17/h3-6,10H,2,7-9H2,1H3. The van der Waals surface area contributed by atoms with E-state index < -0.39 is 0 Å². The summed E-state index contributed by atoms with van der Waals surface area (Å²) in [5, 5.41) is 17.2. The van der Waals surface area contributed by atoms with Crippen molar-refractivity contribution in [2.24, 2.45) is 0 Å². The van der Waals surface area contributed by atoms with Gasteiger partial charge in [0.25, 0.3) is 0 Å². The number of hydrogen-bond acceptors (Lipinski definition) is 6. The van der Waals surface area contributed by atoms with E-state index in [9.17, 15) is 4.39 Å². The average Bonchev–Trinajstić information content (AvgIpc) is 3.18. The summed E-state index contributed by atoms with van der Waals surface area (Å²) in [5.74, 6) is 2.01. The highest BCUT2D eigenvalue weighted by molar-refractivity contribution is 7.98. The van der Waals surface area contributed by atoms with Gasteiger partial charge in [0, 0.05) is 12.5 Å². The van der Waals surface area contributed by atoms with Crippen LogP contribution < -0.4 is 0 Å². The van der Waals surface area contributed by atoms with Crippen molar-refractivity contribution in [2.75, 3.05) is 0 Å². The SMILES string of the molecule is CCc1nnc(CSc2nnc(-c3ccccc3F)n2C2CC2)o1. The van der Waals surface area contributed by atoms with Gasteiger partial charge in [-0.25, -0.2) is 4.39 Å². The molecule has 0 spiro atoms. The molecule has 0 bridgehead atoms. The summed E-state index contributed by atoms with van der Waals surface area (Å²) in [6.45, 7) is 1.97. The molecule has 0 amide bonds. The Balaban J connectivity index is 1.61. The summed E-state index contributed by atoms with van der Waals surface area (Å²) in [7, 11) is 0. The topological polar surface area (TPSA) is 69.6 Å². The Kier molecular flexibility index (Phi) is 4.05. The molecule has 2 aromatic heterocycles. The van der Waals surface area contributed by atoms with Gasteiger partial charge in [0.15, 0.2) is 11.0 Å². The Morgan fingerprint density at radius 1 is 1.17 bits per heavy atom. The Hall–Kier alpha value is -2.22. The summed E-state index contributed by atoms with van der Waals surface area (Å²) in [4.78, 5) is 0. The van der Waals surface area contributed by atoms with E-state index in [-0.39, 0.29) is 5.82 Å². The van der Waals surface area contributed by atoms with Crippen LogP contribution in [0.5, 0.6) is 0 Å². The highest BCUT2D eigenvalue weighted by atomic mass is 32.2. The summed E-state index contributed by atoms with van der Waals surface area (Å²) >= 11 is 1.48. The van der Waals surface area contributed by atoms with Crippen LogP contribution in [0, 0.1) is 5.82 Å². The third-order valence-electron chi connectivity index (χ3n) is 3.83. The fraction of sp³-hybridized carbons (Fsp3) is 0.375. The van der Waals surface area contributed by atoms with E-state index in [1.807, 2.05) is 17.6 Å². The predicted octanol–water partition coefficient (Wildman–Crippen LogP) is 3.66. The molecule has 124 valence electrons. The maximum Gasteiger partial charge on any atom is 0.226 e. The molecule has 0 atom stereocenters. The molecule has 1 saturated carbocycles. The number of aromatic nitrogens is 5. The summed E-state index contributed by atoms with van der Waals surface area (Å²) < 4.78 is 21.7. The van der Waals surface area contributed by atoms with E-state index in [2.05, 4.69) is 20.4 Å². The van der Waals surface area contributed by atoms with Crippen molar-refractivity contribution in [1.82, 2.24) is 25.0 Å². The molecule has 0 N–H and O–H groups in total. The van der Waals surface area contributed by atoms with E-state index in [0.29, 0.717) is 41.4 Å². The van der Waals surface area contributed by atoms with Crippen LogP contribution in [0.1, 0.15) is 37.6 Å². The Bertz CT molecular complexity index is 858. The minimum atomic E-state index is -0.284. The maximum absolute atomic E-state index is 14.1. The van der Waals surface area contributed by atoms with E-state index >= 15 is 0 Å². The van der Waals surface area contributed by atoms with Crippen molar-refractivity contribution in [3.63, 3.8) is 0 Å². The van der Waals surface area contributed by atoms with E-state index in [1.54, 1.807) is 12.1 Å². The van der Waals surface area contributed by atoms with Gasteiger partial charge in [-0.1, -0.05) is 30.8 Å². The first-order valence-corrected chi connectivity index (χ1v) is 8.88. The van der Waals surface area contributed by atoms with Crippen molar-refractivity contribution in [1.29, 1.82) is 0 Å². The normalized spacial score (nSPS) is 14.2. The lowest BCUT2D eigenvalue weighted by Gasteiger charge is -2.08. The van der Waals surface area contributed by atoms with Crippen molar-refractivity contribution in [3.8, 4) is 11.4 Å². The second-order valence-electron chi connectivity index (χ2n) is 5.62. The van der Waals surface area contributed by atoms with Crippen molar-refractivity contribution in [3.05, 3.63) is 41.9 Å². The largest absolute Gasteiger partial charge is 0.424 e. The van der Waals surface area contributed by atoms with E-state index in [0.717, 1.165) is 18.0 Å². The van der Waals surface area contributed by atoms with Gasteiger partial charge in [-0.05, 0) is 25.0 Å². The van der Waals surface area contributed by atoms with Gasteiger partial charge in [0.2, 0.25) is 11.8 Å². The first-order valence-electron chi connectivity index (χ1n) is 7.90. The lowest BCUT2D eigenvalue weighted by Crippen LogP contribution is -2.01. The van der Waals surface area contributed by atoms with E-state index in [1.165, 1.54) is 17.8 Å². The molecule has 0 radical (unpaired) electrons. The first kappa shape index (κ1) is 15.3. The minimum Gasteiger partial charge on any atom is -0.424 e. The third-order valence-corrected chi connectivity index (χ3v) is 4.76. The van der Waals surface area contributed by atoms with Crippen molar-refractivity contribution >= 4 is 11.8 Å². The maximum atomic E-state index is 14.1. The van der Waals surface area contributed by atoms with Crippen LogP contribution in [-0.4, -0.2) is 25.0 Å². The molecule has 1 aliphatic carbocycles. The minimum absolute atomic E-state index is 0.284. The lowest BCUT2D eigenvalue weighted by atomic mass is 10.2. The molecule has 0 aliphatic heterocycles. The zero-order valence-electron chi connectivity index (χ0n) is 13.1. The number of halogens is 1. The summed E-state index contributed by atoms with van der Waals surface area (Å²) in [5.41, 5.74) is 0.481. The Labute approximate surface area is 142 Å². The number of nitrogens with zero attached hydrogens (tertiary/aromatic N) is 5. The third kappa shape index (κ3) is 2.93. The van der Waals surface area contributed by atoms with Gasteiger partial charge in [-0.3, -0.25) is 4.57 Å². The Morgan fingerprint density at radius 3 is 2.67 bits per heavy atom. The number of rotatable bonds is 6. The molecule has 4 rings (SSSR count). The number of benzene rings is 1. The molecule has 0 unspecified atom stereocenters. The van der Waals surface area contributed by atoms with Crippen LogP contribution in [-0.2, 0) is 12.2 Å². The summed E-state index contributed by atoms with van der Waals surface area (Å²) in [6, 6.07) is 7.00. The number of aryl methyl sites for hydroxylation is 1. The molecular weight excluding hydrogens is 329 g/mol. The van der Waals surface area contributed by atoms with Gasteiger partial charge in [-0.15, -0.1) is 20.4 Å². The highest BCUT2D eigenvalue weighted by Gasteiger charge is 2.31. The molecule has 3 aromatic rings. The molecular formula is C16H16FN5OS. The fourth-order valence-electron chi connectivity index (χ4n) is 2.48. The molecule has 24 heavy (non-hydrogen) atoms. The van der Waals surface area contributed by atoms with Crippen molar-refractivity contribution in [2.45, 2.75) is 43.1 Å². The molecule has 1 aromatic carbocycles. The smallest absolute Gasteiger partial charge is 0.226 e. The molecule has 2 heterocycles. The van der Waals surface area contributed by atoms with Gasteiger partial charge >= 0.3 is 0 Å².